The zero-order valence-corrected chi connectivity index (χ0v) is 7.14. The van der Waals surface area contributed by atoms with Crippen molar-refractivity contribution in [3.63, 3.8) is 0 Å². The summed E-state index contributed by atoms with van der Waals surface area (Å²) in [5.41, 5.74) is 2.19. The van der Waals surface area contributed by atoms with Crippen molar-refractivity contribution in [3.05, 3.63) is 12.7 Å². The van der Waals surface area contributed by atoms with E-state index in [1.807, 2.05) is 0 Å². The maximum Gasteiger partial charge on any atom is 0.229 e. The van der Waals surface area contributed by atoms with Gasteiger partial charge in [0.15, 0.2) is 0 Å². The molecule has 0 radical (unpaired) electrons. The lowest BCUT2D eigenvalue weighted by Crippen LogP contribution is -1.95. The van der Waals surface area contributed by atoms with Crippen LogP contribution in [-0.2, 0) is 0 Å². The Morgan fingerprint density at radius 1 is 0.800 bits per heavy atom. The van der Waals surface area contributed by atoms with Gasteiger partial charge in [-0.1, -0.05) is 0 Å². The van der Waals surface area contributed by atoms with Gasteiger partial charge in [-0.3, -0.25) is 8.80 Å². The van der Waals surface area contributed by atoms with Crippen LogP contribution in [0.1, 0.15) is 0 Å². The van der Waals surface area contributed by atoms with Crippen LogP contribution in [0.2, 0.25) is 0 Å². The summed E-state index contributed by atoms with van der Waals surface area (Å²) in [6.07, 6.45) is 3.05. The lowest BCUT2D eigenvalue weighted by Gasteiger charge is -1.94. The van der Waals surface area contributed by atoms with Crippen LogP contribution in [-0.4, -0.2) is 39.5 Å². The van der Waals surface area contributed by atoms with Gasteiger partial charge in [-0.05, 0) is 10.3 Å². The highest BCUT2D eigenvalue weighted by Crippen LogP contribution is 2.15. The number of hydrogen-bond donors (Lipinski definition) is 0. The van der Waals surface area contributed by atoms with Gasteiger partial charge in [0.1, 0.15) is 12.7 Å². The topological polar surface area (TPSA) is 99.3 Å². The molecule has 0 aliphatic rings. The van der Waals surface area contributed by atoms with Gasteiger partial charge < -0.3 is 0 Å². The summed E-state index contributed by atoms with van der Waals surface area (Å²) >= 11 is 0. The third kappa shape index (κ3) is 0.652. The van der Waals surface area contributed by atoms with Crippen molar-refractivity contribution >= 4 is 22.6 Å². The van der Waals surface area contributed by atoms with Crippen LogP contribution >= 0.6 is 0 Å². The van der Waals surface area contributed by atoms with Crippen molar-refractivity contribution in [2.24, 2.45) is 0 Å². The minimum atomic E-state index is 0.530. The van der Waals surface area contributed by atoms with Crippen LogP contribution in [0.3, 0.4) is 0 Å². The first-order valence-electron chi connectivity index (χ1n) is 4.09. The van der Waals surface area contributed by atoms with E-state index in [0.717, 1.165) is 0 Å². The molecule has 0 saturated heterocycles. The van der Waals surface area contributed by atoms with Crippen LogP contribution < -0.4 is 0 Å². The molecule has 0 bridgehead atoms. The Balaban J connectivity index is 2.56. The van der Waals surface area contributed by atoms with Crippen molar-refractivity contribution in [1.82, 2.24) is 39.5 Å². The molecular weight excluding hydrogens is 200 g/mol. The van der Waals surface area contributed by atoms with Crippen molar-refractivity contribution in [2.45, 2.75) is 0 Å². The first-order valence-corrected chi connectivity index (χ1v) is 4.09. The van der Waals surface area contributed by atoms with Crippen molar-refractivity contribution in [2.75, 3.05) is 0 Å². The molecule has 4 rings (SSSR count). The van der Waals surface area contributed by atoms with Gasteiger partial charge in [0.25, 0.3) is 0 Å². The molecule has 0 fully saturated rings. The molecule has 9 nitrogen and oxygen atoms in total. The fourth-order valence-electron chi connectivity index (χ4n) is 1.57. The van der Waals surface area contributed by atoms with Gasteiger partial charge in [-0.15, -0.1) is 20.4 Å². The van der Waals surface area contributed by atoms with Gasteiger partial charge >= 0.3 is 0 Å². The molecule has 0 unspecified atom stereocenters. The van der Waals surface area contributed by atoms with E-state index in [1.54, 1.807) is 8.80 Å². The summed E-state index contributed by atoms with van der Waals surface area (Å²) < 4.78 is 7.96. The lowest BCUT2D eigenvalue weighted by atomic mass is 10.6. The highest BCUT2D eigenvalue weighted by atomic mass is 16.6. The molecule has 0 atom stereocenters. The molecule has 15 heavy (non-hydrogen) atoms. The highest BCUT2D eigenvalue weighted by molar-refractivity contribution is 5.78. The summed E-state index contributed by atoms with van der Waals surface area (Å²) in [6.45, 7) is 0. The quantitative estimate of drug-likeness (QED) is 0.372. The molecule has 4 aromatic heterocycles. The number of aromatic nitrogens is 8. The lowest BCUT2D eigenvalue weighted by molar-refractivity contribution is 0.313. The molecule has 4 heterocycles. The molecule has 9 heteroatoms. The monoisotopic (exact) mass is 202 g/mol. The van der Waals surface area contributed by atoms with Crippen LogP contribution in [0.25, 0.3) is 22.6 Å². The second-order valence-electron chi connectivity index (χ2n) is 2.96. The zero-order chi connectivity index (χ0) is 9.83. The van der Waals surface area contributed by atoms with E-state index in [9.17, 15) is 0 Å². The average molecular weight is 202 g/mol. The third-order valence-electron chi connectivity index (χ3n) is 2.21. The smallest absolute Gasteiger partial charge is 0.229 e. The molecule has 0 spiro atoms. The third-order valence-corrected chi connectivity index (χ3v) is 2.21. The summed E-state index contributed by atoms with van der Waals surface area (Å²) in [5.74, 6) is 0. The van der Waals surface area contributed by atoms with Crippen LogP contribution in [0, 0.1) is 0 Å². The fraction of sp³-hybridized carbons (Fsp3) is 0. The van der Waals surface area contributed by atoms with Gasteiger partial charge in [0.05, 0.1) is 0 Å². The van der Waals surface area contributed by atoms with Crippen molar-refractivity contribution in [1.29, 1.82) is 0 Å². The van der Waals surface area contributed by atoms with Gasteiger partial charge in [0, 0.05) is 0 Å². The molecular formula is C6H2N8O. The van der Waals surface area contributed by atoms with E-state index in [4.69, 9.17) is 0 Å². The van der Waals surface area contributed by atoms with Crippen LogP contribution in [0.15, 0.2) is 17.3 Å². The maximum atomic E-state index is 4.67. The van der Waals surface area contributed by atoms with Crippen LogP contribution in [0.5, 0.6) is 0 Å². The maximum absolute atomic E-state index is 4.67. The normalized spacial score (nSPS) is 12.0. The molecule has 72 valence electrons. The van der Waals surface area contributed by atoms with E-state index in [2.05, 4.69) is 35.3 Å². The summed E-state index contributed by atoms with van der Waals surface area (Å²) in [7, 11) is 0. The number of hydrogen-bond acceptors (Lipinski definition) is 7. The Kier molecular flexibility index (Phi) is 0.944. The SMILES string of the molecule is c1nnc2c3nncn3c3nonc3n12. The van der Waals surface area contributed by atoms with E-state index in [0.29, 0.717) is 22.6 Å². The van der Waals surface area contributed by atoms with Crippen LogP contribution in [0.4, 0.5) is 0 Å². The molecule has 0 aliphatic carbocycles. The first-order chi connectivity index (χ1) is 7.45. The molecule has 4 aromatic rings. The summed E-state index contributed by atoms with van der Waals surface area (Å²) in [5, 5.41) is 23.0. The molecule has 0 saturated carbocycles. The Hall–Kier alpha value is -2.58. The van der Waals surface area contributed by atoms with E-state index in [-0.39, 0.29) is 0 Å². The Morgan fingerprint density at radius 3 is 1.87 bits per heavy atom. The van der Waals surface area contributed by atoms with Gasteiger partial charge in [-0.25, -0.2) is 4.63 Å². The fourth-order valence-corrected chi connectivity index (χ4v) is 1.57. The molecule has 0 aliphatic heterocycles. The molecule has 0 N–H and O–H groups in total. The Bertz CT molecular complexity index is 583. The van der Waals surface area contributed by atoms with Gasteiger partial charge in [-0.2, -0.15) is 0 Å². The minimum Gasteiger partial charge on any atom is -0.256 e. The Labute approximate surface area is 80.3 Å². The number of fused-ring (bicyclic) bond motifs is 6. The Morgan fingerprint density at radius 2 is 1.33 bits per heavy atom. The van der Waals surface area contributed by atoms with E-state index < -0.39 is 0 Å². The number of nitrogens with zero attached hydrogens (tertiary/aromatic N) is 8. The predicted molar refractivity (Wildman–Crippen MR) is 44.9 cm³/mol. The molecule has 0 aromatic carbocycles. The van der Waals surface area contributed by atoms with Crippen molar-refractivity contribution in [3.8, 4) is 0 Å². The average Bonchev–Trinajstić information content (AvgIpc) is 2.97. The second kappa shape index (κ2) is 2.08. The standard InChI is InChI=1S/C6H2N8O/c1-7-9-3-4-10-8-2-14(4)6-5(13(1)3)11-15-12-6/h1-2H. The summed E-state index contributed by atoms with van der Waals surface area (Å²) in [6, 6.07) is 0. The minimum absolute atomic E-state index is 0.530. The first kappa shape index (κ1) is 6.81. The summed E-state index contributed by atoms with van der Waals surface area (Å²) in [4.78, 5) is 0. The zero-order valence-electron chi connectivity index (χ0n) is 7.14. The highest BCUT2D eigenvalue weighted by Gasteiger charge is 2.15. The predicted octanol–water partition coefficient (Wildman–Crippen LogP) is -0.692. The van der Waals surface area contributed by atoms with E-state index >= 15 is 0 Å². The van der Waals surface area contributed by atoms with E-state index in [1.165, 1.54) is 12.7 Å². The second-order valence-corrected chi connectivity index (χ2v) is 2.96. The number of rotatable bonds is 0. The van der Waals surface area contributed by atoms with Gasteiger partial charge in [0.2, 0.25) is 22.6 Å². The largest absolute Gasteiger partial charge is 0.256 e. The molecule has 0 amide bonds. The van der Waals surface area contributed by atoms with Crippen molar-refractivity contribution < 1.29 is 4.63 Å².